The highest BCUT2D eigenvalue weighted by Gasteiger charge is 2.17. The smallest absolute Gasteiger partial charge is 0.411 e. The summed E-state index contributed by atoms with van der Waals surface area (Å²) >= 11 is 12.7. The van der Waals surface area contributed by atoms with Crippen LogP contribution in [0, 0.1) is 11.3 Å². The topological polar surface area (TPSA) is 160 Å². The quantitative estimate of drug-likeness (QED) is 0.112. The summed E-state index contributed by atoms with van der Waals surface area (Å²) in [5, 5.41) is 28.1. The van der Waals surface area contributed by atoms with Gasteiger partial charge in [-0.1, -0.05) is 42.8 Å². The number of fused-ring (bicyclic) bond motifs is 1. The lowest BCUT2D eigenvalue weighted by molar-refractivity contribution is -0.114. The SMILES string of the molecule is COc1nn(COCC[Si](C)(C)C)c2ccc(Oc3c(Cl)cc(N/N=C(/C#N)C(=O)NC(=O)O)cc3Cl)cc12. The van der Waals surface area contributed by atoms with Gasteiger partial charge in [-0.15, -0.1) is 5.10 Å². The molecule has 2 amide bonds. The van der Waals surface area contributed by atoms with Gasteiger partial charge in [0.05, 0.1) is 33.7 Å². The van der Waals surface area contributed by atoms with Gasteiger partial charge in [0, 0.05) is 14.7 Å². The minimum absolute atomic E-state index is 0.104. The summed E-state index contributed by atoms with van der Waals surface area (Å²) in [7, 11) is 0.318. The van der Waals surface area contributed by atoms with Gasteiger partial charge in [0.25, 0.3) is 5.91 Å². The van der Waals surface area contributed by atoms with Crippen molar-refractivity contribution in [1.29, 1.82) is 5.26 Å². The van der Waals surface area contributed by atoms with Crippen LogP contribution in [0.3, 0.4) is 0 Å². The third-order valence-electron chi connectivity index (χ3n) is 5.15. The van der Waals surface area contributed by atoms with Crippen molar-refractivity contribution in [2.24, 2.45) is 5.10 Å². The van der Waals surface area contributed by atoms with Crippen LogP contribution < -0.4 is 20.2 Å². The van der Waals surface area contributed by atoms with Crippen LogP contribution in [0.4, 0.5) is 10.5 Å². The van der Waals surface area contributed by atoms with Gasteiger partial charge in [-0.25, -0.2) is 9.48 Å². The normalized spacial score (nSPS) is 11.7. The summed E-state index contributed by atoms with van der Waals surface area (Å²) in [6.07, 6.45) is -1.62. The number of nitrogens with zero attached hydrogens (tertiary/aromatic N) is 4. The Balaban J connectivity index is 1.78. The standard InChI is InChI=1S/C24H26Cl2N6O6Si/c1-36-23-16-11-15(5-6-20(16)32(31-23)13-37-7-8-39(2,3)4)38-21-17(25)9-14(10-18(21)26)29-30-19(12-27)22(33)28-24(34)35/h5-6,9-11,29H,7-8,13H2,1-4H3,(H,28,33)(H,34,35)/b30-19-. The fraction of sp³-hybridized carbons (Fsp3) is 0.292. The number of ether oxygens (including phenoxy) is 3. The van der Waals surface area contributed by atoms with E-state index in [2.05, 4.69) is 35.3 Å². The maximum atomic E-state index is 11.7. The monoisotopic (exact) mass is 592 g/mol. The summed E-state index contributed by atoms with van der Waals surface area (Å²) in [6, 6.07) is 10.6. The molecule has 0 radical (unpaired) electrons. The minimum Gasteiger partial charge on any atom is -0.479 e. The number of hydrogen-bond donors (Lipinski definition) is 3. The molecule has 206 valence electrons. The third kappa shape index (κ3) is 8.07. The number of imide groups is 1. The Kier molecular flexibility index (Phi) is 9.76. The van der Waals surface area contributed by atoms with E-state index in [1.807, 2.05) is 6.07 Å². The summed E-state index contributed by atoms with van der Waals surface area (Å²) in [4.78, 5) is 22.3. The molecule has 3 aromatic rings. The number of anilines is 1. The zero-order valence-corrected chi connectivity index (χ0v) is 24.1. The highest BCUT2D eigenvalue weighted by atomic mass is 35.5. The molecule has 15 heteroatoms. The molecule has 0 saturated carbocycles. The van der Waals surface area contributed by atoms with Gasteiger partial charge >= 0.3 is 6.09 Å². The molecule has 0 aliphatic rings. The van der Waals surface area contributed by atoms with Gasteiger partial charge in [-0.2, -0.15) is 10.4 Å². The van der Waals surface area contributed by atoms with Crippen LogP contribution in [0.15, 0.2) is 35.4 Å². The Morgan fingerprint density at radius 1 is 1.21 bits per heavy atom. The van der Waals surface area contributed by atoms with Crippen LogP contribution >= 0.6 is 23.2 Å². The summed E-state index contributed by atoms with van der Waals surface area (Å²) in [5.74, 6) is -0.224. The Hall–Kier alpha value is -3.83. The van der Waals surface area contributed by atoms with Crippen molar-refractivity contribution < 1.29 is 28.9 Å². The van der Waals surface area contributed by atoms with Crippen LogP contribution in [0.5, 0.6) is 17.4 Å². The lowest BCUT2D eigenvalue weighted by Crippen LogP contribution is -2.34. The second kappa shape index (κ2) is 12.8. The Bertz CT molecular complexity index is 1440. The molecule has 0 fully saturated rings. The molecule has 0 unspecified atom stereocenters. The highest BCUT2D eigenvalue weighted by Crippen LogP contribution is 2.40. The van der Waals surface area contributed by atoms with Gasteiger partial charge in [0.15, 0.2) is 5.75 Å². The number of carbonyl (C=O) groups is 2. The van der Waals surface area contributed by atoms with E-state index in [1.54, 1.807) is 16.8 Å². The maximum absolute atomic E-state index is 11.7. The van der Waals surface area contributed by atoms with Crippen LogP contribution in [0.25, 0.3) is 10.9 Å². The maximum Gasteiger partial charge on any atom is 0.411 e. The average molecular weight is 594 g/mol. The molecule has 0 aliphatic heterocycles. The van der Waals surface area contributed by atoms with Crippen LogP contribution in [-0.2, 0) is 16.3 Å². The summed E-state index contributed by atoms with van der Waals surface area (Å²) in [5.41, 5.74) is 2.75. The van der Waals surface area contributed by atoms with Crippen LogP contribution in [0.1, 0.15) is 0 Å². The lowest BCUT2D eigenvalue weighted by atomic mass is 10.2. The average Bonchev–Trinajstić information content (AvgIpc) is 3.20. The summed E-state index contributed by atoms with van der Waals surface area (Å²) in [6.45, 7) is 7.80. The molecule has 1 heterocycles. The zero-order valence-electron chi connectivity index (χ0n) is 21.5. The molecule has 39 heavy (non-hydrogen) atoms. The molecule has 1 aromatic heterocycles. The van der Waals surface area contributed by atoms with Crippen molar-refractivity contribution in [3.63, 3.8) is 0 Å². The van der Waals surface area contributed by atoms with Crippen LogP contribution in [-0.4, -0.2) is 54.4 Å². The van der Waals surface area contributed by atoms with Gasteiger partial charge in [-0.05, 0) is 36.4 Å². The van der Waals surface area contributed by atoms with Gasteiger partial charge in [0.2, 0.25) is 11.6 Å². The van der Waals surface area contributed by atoms with Crippen molar-refractivity contribution in [2.75, 3.05) is 19.1 Å². The molecule has 0 bridgehead atoms. The van der Waals surface area contributed by atoms with E-state index in [0.29, 0.717) is 23.6 Å². The number of benzene rings is 2. The second-order valence-corrected chi connectivity index (χ2v) is 15.8. The number of halogens is 2. The van der Waals surface area contributed by atoms with Crippen LogP contribution in [0.2, 0.25) is 35.7 Å². The molecule has 2 aromatic carbocycles. The van der Waals surface area contributed by atoms with Gasteiger partial charge in [-0.3, -0.25) is 15.5 Å². The van der Waals surface area contributed by atoms with Crippen molar-refractivity contribution in [1.82, 2.24) is 15.1 Å². The number of amides is 2. The minimum atomic E-state index is -1.62. The number of methoxy groups -OCH3 is 1. The first-order chi connectivity index (χ1) is 18.4. The van der Waals surface area contributed by atoms with Crippen molar-refractivity contribution >= 4 is 65.6 Å². The van der Waals surface area contributed by atoms with Gasteiger partial charge < -0.3 is 19.3 Å². The van der Waals surface area contributed by atoms with Gasteiger partial charge in [0.1, 0.15) is 18.5 Å². The Labute approximate surface area is 235 Å². The fourth-order valence-electron chi connectivity index (χ4n) is 3.21. The van der Waals surface area contributed by atoms with E-state index in [1.165, 1.54) is 30.6 Å². The zero-order chi connectivity index (χ0) is 28.7. The first-order valence-electron chi connectivity index (χ1n) is 11.5. The van der Waals surface area contributed by atoms with E-state index in [-0.39, 0.29) is 28.2 Å². The predicted octanol–water partition coefficient (Wildman–Crippen LogP) is 5.54. The first-order valence-corrected chi connectivity index (χ1v) is 16.0. The molecule has 0 atom stereocenters. The molecule has 3 rings (SSSR count). The molecular weight excluding hydrogens is 567 g/mol. The number of carbonyl (C=O) groups excluding carboxylic acids is 1. The van der Waals surface area contributed by atoms with E-state index >= 15 is 0 Å². The van der Waals surface area contributed by atoms with E-state index in [0.717, 1.165) is 11.6 Å². The third-order valence-corrected chi connectivity index (χ3v) is 7.41. The van der Waals surface area contributed by atoms with Crippen molar-refractivity contribution in [3.05, 3.63) is 40.4 Å². The fourth-order valence-corrected chi connectivity index (χ4v) is 4.53. The van der Waals surface area contributed by atoms with Crippen molar-refractivity contribution in [2.45, 2.75) is 32.4 Å². The number of rotatable bonds is 11. The molecular formula is C24H26Cl2N6O6Si. The van der Waals surface area contributed by atoms with Crippen molar-refractivity contribution in [3.8, 4) is 23.4 Å². The molecule has 0 saturated heterocycles. The number of hydrazone groups is 1. The molecule has 3 N–H and O–H groups in total. The van der Waals surface area contributed by atoms with E-state index < -0.39 is 25.8 Å². The molecule has 0 aliphatic carbocycles. The predicted molar refractivity (Wildman–Crippen MR) is 150 cm³/mol. The summed E-state index contributed by atoms with van der Waals surface area (Å²) < 4.78 is 18.9. The highest BCUT2D eigenvalue weighted by molar-refractivity contribution is 6.76. The lowest BCUT2D eigenvalue weighted by Gasteiger charge is -2.15. The number of aromatic nitrogens is 2. The number of hydrogen-bond acceptors (Lipinski definition) is 9. The number of carboxylic acid groups (broad SMARTS) is 1. The number of nitriles is 1. The number of nitrogens with one attached hydrogen (secondary N) is 2. The Morgan fingerprint density at radius 2 is 1.90 bits per heavy atom. The molecule has 12 nitrogen and oxygen atoms in total. The Morgan fingerprint density at radius 3 is 2.49 bits per heavy atom. The second-order valence-electron chi connectivity index (χ2n) is 9.35. The van der Waals surface area contributed by atoms with E-state index in [9.17, 15) is 9.59 Å². The first kappa shape index (κ1) is 29.7. The largest absolute Gasteiger partial charge is 0.479 e. The molecule has 0 spiro atoms. The van der Waals surface area contributed by atoms with E-state index in [4.69, 9.17) is 47.8 Å².